The van der Waals surface area contributed by atoms with Gasteiger partial charge in [-0.25, -0.2) is 4.98 Å². The minimum absolute atomic E-state index is 0.0222. The molecule has 1 aromatic heterocycles. The number of unbranched alkanes of at least 4 members (excludes halogenated alkanes) is 1. The first-order chi connectivity index (χ1) is 10.3. The van der Waals surface area contributed by atoms with E-state index in [4.69, 9.17) is 0 Å². The van der Waals surface area contributed by atoms with E-state index < -0.39 is 0 Å². The summed E-state index contributed by atoms with van der Waals surface area (Å²) in [5.41, 5.74) is 4.29. The molecule has 109 valence electrons. The van der Waals surface area contributed by atoms with Gasteiger partial charge in [0, 0.05) is 24.7 Å². The molecule has 0 bridgehead atoms. The van der Waals surface area contributed by atoms with Crippen LogP contribution in [0.5, 0.6) is 0 Å². The highest BCUT2D eigenvalue weighted by Gasteiger charge is 2.14. The molecule has 2 heterocycles. The Balaban J connectivity index is 1.92. The van der Waals surface area contributed by atoms with Crippen molar-refractivity contribution in [3.05, 3.63) is 53.2 Å². The van der Waals surface area contributed by atoms with E-state index in [0.29, 0.717) is 0 Å². The second kappa shape index (κ2) is 6.14. The standard InChI is InChI=1S/C17H20N3O/c1-2-3-7-17-19-10-14(12-21)20(17)11-13-5-4-6-16-15(13)8-9-18-16/h4-6,8-10,21H,2-3,7,11-12H2,1H3. The third kappa shape index (κ3) is 2.72. The number of fused-ring (bicyclic) bond motifs is 1. The first kappa shape index (κ1) is 13.9. The predicted molar refractivity (Wildman–Crippen MR) is 83.1 cm³/mol. The van der Waals surface area contributed by atoms with Crippen LogP contribution in [0.1, 0.15) is 42.4 Å². The number of aryl methyl sites for hydroxylation is 1. The Morgan fingerprint density at radius 1 is 1.29 bits per heavy atom. The zero-order chi connectivity index (χ0) is 14.7. The molecule has 4 nitrogen and oxygen atoms in total. The van der Waals surface area contributed by atoms with Crippen LogP contribution < -0.4 is 5.32 Å². The van der Waals surface area contributed by atoms with Gasteiger partial charge in [0.2, 0.25) is 0 Å². The smallest absolute Gasteiger partial charge is 0.109 e. The second-order valence-corrected chi connectivity index (χ2v) is 5.31. The number of aliphatic hydroxyl groups is 1. The van der Waals surface area contributed by atoms with Crippen LogP contribution in [0.3, 0.4) is 0 Å². The quantitative estimate of drug-likeness (QED) is 0.885. The third-order valence-electron chi connectivity index (χ3n) is 3.89. The lowest BCUT2D eigenvalue weighted by atomic mass is 10.1. The molecule has 0 amide bonds. The maximum Gasteiger partial charge on any atom is 0.109 e. The Kier molecular flexibility index (Phi) is 4.06. The van der Waals surface area contributed by atoms with Crippen molar-refractivity contribution in [3.8, 4) is 0 Å². The van der Waals surface area contributed by atoms with Gasteiger partial charge in [0.05, 0.1) is 24.2 Å². The molecule has 4 heteroatoms. The molecule has 1 aliphatic rings. The average Bonchev–Trinajstić information content (AvgIpc) is 3.12. The zero-order valence-corrected chi connectivity index (χ0v) is 12.3. The van der Waals surface area contributed by atoms with Crippen LogP contribution >= 0.6 is 0 Å². The fourth-order valence-electron chi connectivity index (χ4n) is 2.71. The summed E-state index contributed by atoms with van der Waals surface area (Å²) in [5, 5.41) is 13.9. The van der Waals surface area contributed by atoms with E-state index in [-0.39, 0.29) is 6.61 Å². The molecule has 0 saturated carbocycles. The van der Waals surface area contributed by atoms with Crippen LogP contribution in [0.4, 0.5) is 5.69 Å². The van der Waals surface area contributed by atoms with Gasteiger partial charge in [-0.05, 0) is 24.1 Å². The van der Waals surface area contributed by atoms with Gasteiger partial charge in [-0.3, -0.25) is 5.32 Å². The highest BCUT2D eigenvalue weighted by Crippen LogP contribution is 2.27. The van der Waals surface area contributed by atoms with E-state index >= 15 is 0 Å². The monoisotopic (exact) mass is 282 g/mol. The van der Waals surface area contributed by atoms with Crippen molar-refractivity contribution >= 4 is 11.8 Å². The van der Waals surface area contributed by atoms with Crippen LogP contribution in [0.15, 0.2) is 30.6 Å². The van der Waals surface area contributed by atoms with Crippen LogP contribution in [-0.4, -0.2) is 14.7 Å². The van der Waals surface area contributed by atoms with Gasteiger partial charge >= 0.3 is 0 Å². The van der Waals surface area contributed by atoms with E-state index in [1.54, 1.807) is 6.20 Å². The number of rotatable bonds is 6. The molecule has 1 aromatic carbocycles. The molecule has 1 N–H and O–H groups in total. The third-order valence-corrected chi connectivity index (χ3v) is 3.89. The maximum atomic E-state index is 9.54. The Hall–Kier alpha value is -2.07. The number of nitrogens with zero attached hydrogens (tertiary/aromatic N) is 3. The largest absolute Gasteiger partial charge is 0.390 e. The highest BCUT2D eigenvalue weighted by molar-refractivity contribution is 5.71. The minimum atomic E-state index is 0.0222. The van der Waals surface area contributed by atoms with Crippen molar-refractivity contribution in [2.45, 2.75) is 39.3 Å². The van der Waals surface area contributed by atoms with Gasteiger partial charge in [0.15, 0.2) is 0 Å². The van der Waals surface area contributed by atoms with Gasteiger partial charge in [0.1, 0.15) is 5.82 Å². The molecule has 0 spiro atoms. The summed E-state index contributed by atoms with van der Waals surface area (Å²) in [7, 11) is 0. The van der Waals surface area contributed by atoms with Crippen molar-refractivity contribution in [1.29, 1.82) is 0 Å². The van der Waals surface area contributed by atoms with Crippen LogP contribution in [-0.2, 0) is 19.6 Å². The molecule has 0 fully saturated rings. The van der Waals surface area contributed by atoms with Gasteiger partial charge < -0.3 is 9.67 Å². The van der Waals surface area contributed by atoms with Gasteiger partial charge in [-0.15, -0.1) is 0 Å². The lowest BCUT2D eigenvalue weighted by molar-refractivity contribution is 0.271. The molecule has 2 aromatic rings. The summed E-state index contributed by atoms with van der Waals surface area (Å²) < 4.78 is 2.14. The van der Waals surface area contributed by atoms with E-state index in [9.17, 15) is 5.11 Å². The SMILES string of the molecule is CCCCc1ncc(CO)n1Cc1cccc2c1C=C[N]2. The molecule has 3 rings (SSSR count). The van der Waals surface area contributed by atoms with E-state index in [1.807, 2.05) is 24.4 Å². The van der Waals surface area contributed by atoms with Crippen LogP contribution in [0.2, 0.25) is 0 Å². The summed E-state index contributed by atoms with van der Waals surface area (Å²) in [4.78, 5) is 4.48. The van der Waals surface area contributed by atoms with Crippen molar-refractivity contribution in [2.24, 2.45) is 0 Å². The van der Waals surface area contributed by atoms with Gasteiger partial charge in [-0.1, -0.05) is 25.5 Å². The molecule has 0 atom stereocenters. The van der Waals surface area contributed by atoms with Crippen LogP contribution in [0, 0.1) is 0 Å². The summed E-state index contributed by atoms with van der Waals surface area (Å²) in [5.74, 6) is 1.05. The number of hydrogen-bond acceptors (Lipinski definition) is 2. The summed E-state index contributed by atoms with van der Waals surface area (Å²) >= 11 is 0. The maximum absolute atomic E-state index is 9.54. The number of aromatic nitrogens is 2. The first-order valence-electron chi connectivity index (χ1n) is 7.47. The Bertz CT molecular complexity index is 658. The first-order valence-corrected chi connectivity index (χ1v) is 7.47. The zero-order valence-electron chi connectivity index (χ0n) is 12.3. The van der Waals surface area contributed by atoms with Gasteiger partial charge in [-0.2, -0.15) is 0 Å². The molecule has 0 unspecified atom stereocenters. The summed E-state index contributed by atoms with van der Waals surface area (Å²) in [6, 6.07) is 6.18. The molecule has 1 radical (unpaired) electrons. The fourth-order valence-corrected chi connectivity index (χ4v) is 2.71. The number of aliphatic hydroxyl groups excluding tert-OH is 1. The topological polar surface area (TPSA) is 52.2 Å². The lowest BCUT2D eigenvalue weighted by Crippen LogP contribution is -2.10. The van der Waals surface area contributed by atoms with Crippen molar-refractivity contribution in [1.82, 2.24) is 14.9 Å². The number of benzene rings is 1. The van der Waals surface area contributed by atoms with E-state index in [0.717, 1.165) is 43.0 Å². The van der Waals surface area contributed by atoms with Gasteiger partial charge in [0.25, 0.3) is 0 Å². The fraction of sp³-hybridized carbons (Fsp3) is 0.353. The average molecular weight is 282 g/mol. The molecular formula is C17H20N3O. The molecule has 21 heavy (non-hydrogen) atoms. The molecule has 1 aliphatic heterocycles. The summed E-state index contributed by atoms with van der Waals surface area (Å²) in [6.45, 7) is 2.93. The van der Waals surface area contributed by atoms with Crippen LogP contribution in [0.25, 0.3) is 6.08 Å². The number of hydrogen-bond donors (Lipinski definition) is 1. The van der Waals surface area contributed by atoms with Crippen molar-refractivity contribution < 1.29 is 5.11 Å². The van der Waals surface area contributed by atoms with E-state index in [2.05, 4.69) is 27.9 Å². The van der Waals surface area contributed by atoms with E-state index in [1.165, 1.54) is 11.1 Å². The van der Waals surface area contributed by atoms with Crippen molar-refractivity contribution in [3.63, 3.8) is 0 Å². The molecular weight excluding hydrogens is 262 g/mol. The number of imidazole rings is 1. The Morgan fingerprint density at radius 3 is 3.00 bits per heavy atom. The molecule has 0 saturated heterocycles. The Morgan fingerprint density at radius 2 is 2.19 bits per heavy atom. The normalized spacial score (nSPS) is 12.5. The second-order valence-electron chi connectivity index (χ2n) is 5.31. The minimum Gasteiger partial charge on any atom is -0.390 e. The predicted octanol–water partition coefficient (Wildman–Crippen LogP) is 2.99. The lowest BCUT2D eigenvalue weighted by Gasteiger charge is -2.13. The summed E-state index contributed by atoms with van der Waals surface area (Å²) in [6.07, 6.45) is 8.88. The van der Waals surface area contributed by atoms with Crippen molar-refractivity contribution in [2.75, 3.05) is 0 Å². The molecule has 0 aliphatic carbocycles. The highest BCUT2D eigenvalue weighted by atomic mass is 16.3. The Labute approximate surface area is 125 Å².